The molecule has 0 spiro atoms. The topological polar surface area (TPSA) is 102 Å². The molecule has 1 aliphatic rings. The first kappa shape index (κ1) is 29.2. The fourth-order valence-electron chi connectivity index (χ4n) is 4.65. The average Bonchev–Trinajstić information content (AvgIpc) is 3.01. The zero-order chi connectivity index (χ0) is 29.3. The molecule has 0 atom stereocenters. The van der Waals surface area contributed by atoms with E-state index >= 15 is 0 Å². The molecule has 1 saturated heterocycles. The molecule has 0 radical (unpaired) electrons. The number of aromatic nitrogens is 3. The van der Waals surface area contributed by atoms with Gasteiger partial charge in [-0.3, -0.25) is 14.7 Å². The first-order valence-electron chi connectivity index (χ1n) is 13.9. The van der Waals surface area contributed by atoms with Crippen molar-refractivity contribution in [2.45, 2.75) is 32.8 Å². The molecule has 1 amide bonds. The molecule has 1 aliphatic heterocycles. The number of carbonyl (C=O) groups is 1. The summed E-state index contributed by atoms with van der Waals surface area (Å²) in [6.07, 6.45) is 7.82. The molecule has 9 nitrogen and oxygen atoms in total. The van der Waals surface area contributed by atoms with Crippen LogP contribution in [-0.4, -0.2) is 52.0 Å². The highest BCUT2D eigenvalue weighted by Crippen LogP contribution is 2.35. The summed E-state index contributed by atoms with van der Waals surface area (Å²) in [4.78, 5) is 27.9. The van der Waals surface area contributed by atoms with E-state index in [0.717, 1.165) is 31.6 Å². The van der Waals surface area contributed by atoms with Crippen molar-refractivity contribution in [3.8, 4) is 11.5 Å². The van der Waals surface area contributed by atoms with Crippen molar-refractivity contribution in [3.63, 3.8) is 0 Å². The molecule has 2 N–H and O–H groups in total. The lowest BCUT2D eigenvalue weighted by molar-refractivity contribution is -0.114. The van der Waals surface area contributed by atoms with Crippen LogP contribution < -0.4 is 20.1 Å². The fourth-order valence-corrected chi connectivity index (χ4v) is 4.88. The van der Waals surface area contributed by atoms with E-state index in [0.29, 0.717) is 57.8 Å². The van der Waals surface area contributed by atoms with Crippen LogP contribution in [0.2, 0.25) is 5.02 Å². The lowest BCUT2D eigenvalue weighted by Gasteiger charge is -2.24. The Labute approximate surface area is 248 Å². The third kappa shape index (κ3) is 7.51. The van der Waals surface area contributed by atoms with Crippen LogP contribution >= 0.6 is 11.6 Å². The minimum atomic E-state index is -0.842. The van der Waals surface area contributed by atoms with Gasteiger partial charge in [-0.2, -0.15) is 0 Å². The Balaban J connectivity index is 1.34. The van der Waals surface area contributed by atoms with Crippen LogP contribution in [0, 0.1) is 0 Å². The maximum atomic E-state index is 14.8. The van der Waals surface area contributed by atoms with Crippen LogP contribution in [0.1, 0.15) is 31.9 Å². The zero-order valence-corrected chi connectivity index (χ0v) is 24.0. The maximum Gasteiger partial charge on any atom is 0.284 e. The van der Waals surface area contributed by atoms with Gasteiger partial charge in [0.15, 0.2) is 5.83 Å². The molecule has 1 fully saturated rings. The number of ether oxygens (including phenoxy) is 2. The van der Waals surface area contributed by atoms with Crippen molar-refractivity contribution >= 4 is 45.6 Å². The van der Waals surface area contributed by atoms with Crippen LogP contribution in [0.4, 0.5) is 21.6 Å². The second-order valence-corrected chi connectivity index (χ2v) is 10.2. The van der Waals surface area contributed by atoms with Gasteiger partial charge in [0, 0.05) is 29.9 Å². The Morgan fingerprint density at radius 3 is 2.67 bits per heavy atom. The SMILES string of the molecule is CCOc1cc2ncnc(Nc3ccc(OCc4ccccn4)c(Cl)c3)c2cc1NC(=O)/C(F)=C\CN1CCCCC1. The lowest BCUT2D eigenvalue weighted by atomic mass is 10.1. The molecule has 2 aromatic carbocycles. The third-order valence-corrected chi connectivity index (χ3v) is 7.07. The molecule has 5 rings (SSSR count). The number of anilines is 3. The zero-order valence-electron chi connectivity index (χ0n) is 23.3. The van der Waals surface area contributed by atoms with Crippen LogP contribution in [0.25, 0.3) is 10.9 Å². The number of piperidine rings is 1. The molecule has 3 heterocycles. The third-order valence-electron chi connectivity index (χ3n) is 6.78. The fraction of sp³-hybridized carbons (Fsp3) is 0.290. The maximum absolute atomic E-state index is 14.8. The van der Waals surface area contributed by atoms with Gasteiger partial charge in [-0.1, -0.05) is 24.1 Å². The highest BCUT2D eigenvalue weighted by atomic mass is 35.5. The summed E-state index contributed by atoms with van der Waals surface area (Å²) >= 11 is 6.50. The van der Waals surface area contributed by atoms with E-state index in [9.17, 15) is 9.18 Å². The van der Waals surface area contributed by atoms with Gasteiger partial charge in [-0.05, 0) is 75.3 Å². The highest BCUT2D eigenvalue weighted by Gasteiger charge is 2.17. The first-order valence-corrected chi connectivity index (χ1v) is 14.3. The van der Waals surface area contributed by atoms with E-state index in [-0.39, 0.29) is 6.61 Å². The van der Waals surface area contributed by atoms with Gasteiger partial charge in [-0.25, -0.2) is 14.4 Å². The summed E-state index contributed by atoms with van der Waals surface area (Å²) in [7, 11) is 0. The minimum Gasteiger partial charge on any atom is -0.492 e. The Morgan fingerprint density at radius 2 is 1.90 bits per heavy atom. The van der Waals surface area contributed by atoms with Gasteiger partial charge in [0.25, 0.3) is 5.91 Å². The predicted molar refractivity (Wildman–Crippen MR) is 162 cm³/mol. The van der Waals surface area contributed by atoms with Crippen molar-refractivity contribution in [2.24, 2.45) is 0 Å². The molecule has 4 aromatic rings. The molecular formula is C31H32ClFN6O3. The van der Waals surface area contributed by atoms with Gasteiger partial charge in [0.2, 0.25) is 0 Å². The van der Waals surface area contributed by atoms with E-state index in [4.69, 9.17) is 21.1 Å². The molecular weight excluding hydrogens is 559 g/mol. The van der Waals surface area contributed by atoms with Crippen LogP contribution in [0.3, 0.4) is 0 Å². The van der Waals surface area contributed by atoms with Gasteiger partial charge in [0.1, 0.15) is 30.3 Å². The van der Waals surface area contributed by atoms with Crippen molar-refractivity contribution < 1.29 is 18.7 Å². The number of nitrogens with zero attached hydrogens (tertiary/aromatic N) is 4. The Kier molecular flexibility index (Phi) is 9.78. The second kappa shape index (κ2) is 14.1. The first-order chi connectivity index (χ1) is 20.5. The summed E-state index contributed by atoms with van der Waals surface area (Å²) in [6.45, 7) is 4.68. The molecule has 2 aromatic heterocycles. The van der Waals surface area contributed by atoms with Gasteiger partial charge in [0.05, 0.1) is 28.5 Å². The lowest BCUT2D eigenvalue weighted by Crippen LogP contribution is -2.30. The average molecular weight is 591 g/mol. The van der Waals surface area contributed by atoms with Gasteiger partial charge < -0.3 is 20.1 Å². The van der Waals surface area contributed by atoms with Crippen LogP contribution in [0.15, 0.2) is 73.0 Å². The molecule has 11 heteroatoms. The Bertz CT molecular complexity index is 1560. The number of hydrogen-bond donors (Lipinski definition) is 2. The number of halogens is 2. The monoisotopic (exact) mass is 590 g/mol. The molecule has 0 saturated carbocycles. The number of pyridine rings is 1. The number of nitrogens with one attached hydrogen (secondary N) is 2. The normalized spacial score (nSPS) is 14.0. The van der Waals surface area contributed by atoms with Gasteiger partial charge >= 0.3 is 0 Å². The van der Waals surface area contributed by atoms with Crippen molar-refractivity contribution in [1.82, 2.24) is 19.9 Å². The molecule has 0 aliphatic carbocycles. The van der Waals surface area contributed by atoms with Crippen LogP contribution in [0.5, 0.6) is 11.5 Å². The smallest absolute Gasteiger partial charge is 0.284 e. The number of likely N-dealkylation sites (tertiary alicyclic amines) is 1. The van der Waals surface area contributed by atoms with E-state index in [1.54, 1.807) is 30.5 Å². The summed E-state index contributed by atoms with van der Waals surface area (Å²) < 4.78 is 26.3. The number of benzene rings is 2. The summed E-state index contributed by atoms with van der Waals surface area (Å²) in [5.74, 6) is -0.318. The minimum absolute atomic E-state index is 0.286. The van der Waals surface area contributed by atoms with Gasteiger partial charge in [-0.15, -0.1) is 0 Å². The highest BCUT2D eigenvalue weighted by molar-refractivity contribution is 6.32. The Morgan fingerprint density at radius 1 is 1.05 bits per heavy atom. The summed E-state index contributed by atoms with van der Waals surface area (Å²) in [6, 6.07) is 14.3. The number of carbonyl (C=O) groups excluding carboxylic acids is 1. The standard InChI is InChI=1S/C31H32ClFN6O3/c1-2-41-29-18-26-23(17-27(29)38-31(40)25(33)11-15-39-13-6-3-7-14-39)30(36-20-35-26)37-21-9-10-28(24(32)16-21)42-19-22-8-4-5-12-34-22/h4-5,8-12,16-18,20H,2-3,6-7,13-15,19H2,1H3,(H,38,40)(H,35,36,37)/b25-11+. The number of hydrogen-bond acceptors (Lipinski definition) is 8. The summed E-state index contributed by atoms with van der Waals surface area (Å²) in [5.41, 5.74) is 2.34. The van der Waals surface area contributed by atoms with E-state index in [1.165, 1.54) is 18.8 Å². The number of amides is 1. The molecule has 42 heavy (non-hydrogen) atoms. The quantitative estimate of drug-likeness (QED) is 0.187. The van der Waals surface area contributed by atoms with Crippen molar-refractivity contribution in [2.75, 3.05) is 36.9 Å². The van der Waals surface area contributed by atoms with E-state index < -0.39 is 11.7 Å². The van der Waals surface area contributed by atoms with E-state index in [1.807, 2.05) is 31.2 Å². The molecule has 218 valence electrons. The largest absolute Gasteiger partial charge is 0.492 e. The Hall–Kier alpha value is -4.28. The van der Waals surface area contributed by atoms with Crippen molar-refractivity contribution in [1.29, 1.82) is 0 Å². The molecule has 0 bridgehead atoms. The number of rotatable bonds is 11. The molecule has 0 unspecified atom stereocenters. The van der Waals surface area contributed by atoms with Crippen molar-refractivity contribution in [3.05, 3.63) is 83.7 Å². The van der Waals surface area contributed by atoms with E-state index in [2.05, 4.69) is 30.5 Å². The van der Waals surface area contributed by atoms with Crippen LogP contribution in [-0.2, 0) is 11.4 Å². The summed E-state index contributed by atoms with van der Waals surface area (Å²) in [5, 5.41) is 6.92. The predicted octanol–water partition coefficient (Wildman–Crippen LogP) is 6.68. The second-order valence-electron chi connectivity index (χ2n) is 9.77. The number of fused-ring (bicyclic) bond motifs is 1.